The zero-order valence-corrected chi connectivity index (χ0v) is 12.2. The van der Waals surface area contributed by atoms with Crippen LogP contribution in [0, 0.1) is 6.92 Å². The van der Waals surface area contributed by atoms with E-state index in [0.29, 0.717) is 18.9 Å². The Morgan fingerprint density at radius 1 is 1.29 bits per heavy atom. The summed E-state index contributed by atoms with van der Waals surface area (Å²) in [5, 5.41) is 2.92. The van der Waals surface area contributed by atoms with Gasteiger partial charge in [0.15, 0.2) is 0 Å². The normalized spacial score (nSPS) is 14.0. The molecule has 21 heavy (non-hydrogen) atoms. The van der Waals surface area contributed by atoms with Crippen molar-refractivity contribution in [3.05, 3.63) is 59.2 Å². The van der Waals surface area contributed by atoms with Crippen LogP contribution in [0.2, 0.25) is 0 Å². The lowest BCUT2D eigenvalue weighted by Gasteiger charge is -2.06. The van der Waals surface area contributed by atoms with Crippen LogP contribution in [0.5, 0.6) is 0 Å². The second kappa shape index (κ2) is 6.04. The van der Waals surface area contributed by atoms with Crippen molar-refractivity contribution >= 4 is 5.91 Å². The van der Waals surface area contributed by atoms with Gasteiger partial charge in [-0.1, -0.05) is 29.8 Å². The number of nitrogens with one attached hydrogen (secondary N) is 1. The van der Waals surface area contributed by atoms with Gasteiger partial charge in [-0.15, -0.1) is 0 Å². The fourth-order valence-corrected chi connectivity index (χ4v) is 2.37. The summed E-state index contributed by atoms with van der Waals surface area (Å²) in [6.07, 6.45) is 4.43. The molecule has 1 amide bonds. The van der Waals surface area contributed by atoms with Crippen LogP contribution in [0.15, 0.2) is 36.7 Å². The lowest BCUT2D eigenvalue weighted by atomic mass is 10.1. The van der Waals surface area contributed by atoms with Crippen LogP contribution in [0.1, 0.15) is 41.3 Å². The van der Waals surface area contributed by atoms with E-state index >= 15 is 0 Å². The lowest BCUT2D eigenvalue weighted by molar-refractivity contribution is -0.120. The summed E-state index contributed by atoms with van der Waals surface area (Å²) in [6.45, 7) is 2.49. The molecule has 1 aliphatic rings. The van der Waals surface area contributed by atoms with Crippen LogP contribution in [-0.2, 0) is 17.8 Å². The smallest absolute Gasteiger partial charge is 0.224 e. The summed E-state index contributed by atoms with van der Waals surface area (Å²) in [5.74, 6) is 0.627. The zero-order chi connectivity index (χ0) is 14.7. The number of hydrogen-bond donors (Lipinski definition) is 1. The van der Waals surface area contributed by atoms with Crippen molar-refractivity contribution in [1.82, 2.24) is 15.3 Å². The Labute approximate surface area is 124 Å². The van der Waals surface area contributed by atoms with Crippen molar-refractivity contribution < 1.29 is 4.79 Å². The molecule has 1 fully saturated rings. The number of hydrogen-bond acceptors (Lipinski definition) is 3. The molecule has 108 valence electrons. The predicted octanol–water partition coefficient (Wildman–Crippen LogP) is 2.52. The van der Waals surface area contributed by atoms with E-state index in [2.05, 4.69) is 15.3 Å². The highest BCUT2D eigenvalue weighted by Gasteiger charge is 2.25. The van der Waals surface area contributed by atoms with Crippen molar-refractivity contribution in [2.24, 2.45) is 0 Å². The molecule has 1 heterocycles. The maximum Gasteiger partial charge on any atom is 0.224 e. The minimum Gasteiger partial charge on any atom is -0.350 e. The summed E-state index contributed by atoms with van der Waals surface area (Å²) in [4.78, 5) is 20.5. The highest BCUT2D eigenvalue weighted by molar-refractivity contribution is 5.78. The largest absolute Gasteiger partial charge is 0.350 e. The fourth-order valence-electron chi connectivity index (χ4n) is 2.37. The van der Waals surface area contributed by atoms with Crippen LogP contribution >= 0.6 is 0 Å². The average Bonchev–Trinajstić information content (AvgIpc) is 3.30. The number of aryl methyl sites for hydroxylation is 1. The molecule has 1 saturated carbocycles. The number of amides is 1. The van der Waals surface area contributed by atoms with Crippen LogP contribution < -0.4 is 5.32 Å². The third kappa shape index (κ3) is 3.88. The van der Waals surface area contributed by atoms with E-state index in [-0.39, 0.29) is 5.91 Å². The second-order valence-corrected chi connectivity index (χ2v) is 5.65. The van der Waals surface area contributed by atoms with Crippen LogP contribution in [0.3, 0.4) is 0 Å². The molecular weight excluding hydrogens is 262 g/mol. The van der Waals surface area contributed by atoms with Gasteiger partial charge in [0.25, 0.3) is 0 Å². The molecule has 1 aliphatic carbocycles. The standard InChI is InChI=1S/C17H19N3O/c1-12-3-2-4-13(7-12)8-17(21)18-10-15-9-16(14-5-6-14)20-11-19-15/h2-4,7,9,11,14H,5-6,8,10H2,1H3,(H,18,21). The van der Waals surface area contributed by atoms with Gasteiger partial charge in [-0.3, -0.25) is 4.79 Å². The van der Waals surface area contributed by atoms with E-state index in [1.165, 1.54) is 18.4 Å². The van der Waals surface area contributed by atoms with E-state index < -0.39 is 0 Å². The lowest BCUT2D eigenvalue weighted by Crippen LogP contribution is -2.25. The molecule has 0 aliphatic heterocycles. The second-order valence-electron chi connectivity index (χ2n) is 5.65. The zero-order valence-electron chi connectivity index (χ0n) is 12.2. The molecule has 1 aromatic carbocycles. The van der Waals surface area contributed by atoms with Crippen molar-refractivity contribution in [2.45, 2.75) is 38.6 Å². The monoisotopic (exact) mass is 281 g/mol. The molecule has 1 N–H and O–H groups in total. The number of carbonyl (C=O) groups is 1. The van der Waals surface area contributed by atoms with Gasteiger partial charge in [0, 0.05) is 11.6 Å². The van der Waals surface area contributed by atoms with E-state index in [0.717, 1.165) is 17.0 Å². The van der Waals surface area contributed by atoms with E-state index in [1.54, 1.807) is 6.33 Å². The number of carbonyl (C=O) groups excluding carboxylic acids is 1. The number of aromatic nitrogens is 2. The highest BCUT2D eigenvalue weighted by atomic mass is 16.1. The summed E-state index contributed by atoms with van der Waals surface area (Å²) in [5.41, 5.74) is 4.19. The number of benzene rings is 1. The minimum absolute atomic E-state index is 0.0205. The van der Waals surface area contributed by atoms with Gasteiger partial charge >= 0.3 is 0 Å². The Morgan fingerprint density at radius 3 is 2.90 bits per heavy atom. The molecule has 0 spiro atoms. The first-order chi connectivity index (χ1) is 10.2. The first-order valence-electron chi connectivity index (χ1n) is 7.34. The summed E-state index contributed by atoms with van der Waals surface area (Å²) >= 11 is 0. The third-order valence-corrected chi connectivity index (χ3v) is 3.65. The maximum atomic E-state index is 12.0. The van der Waals surface area contributed by atoms with Crippen molar-refractivity contribution in [3.63, 3.8) is 0 Å². The van der Waals surface area contributed by atoms with Gasteiger partial charge in [-0.05, 0) is 31.4 Å². The third-order valence-electron chi connectivity index (χ3n) is 3.65. The Bertz CT molecular complexity index is 650. The Morgan fingerprint density at radius 2 is 2.14 bits per heavy atom. The fraction of sp³-hybridized carbons (Fsp3) is 0.353. The van der Waals surface area contributed by atoms with Gasteiger partial charge in [0.05, 0.1) is 18.7 Å². The minimum atomic E-state index is 0.0205. The predicted molar refractivity (Wildman–Crippen MR) is 80.7 cm³/mol. The molecule has 0 radical (unpaired) electrons. The molecular formula is C17H19N3O. The maximum absolute atomic E-state index is 12.0. The molecule has 1 aromatic heterocycles. The average molecular weight is 281 g/mol. The molecule has 4 nitrogen and oxygen atoms in total. The topological polar surface area (TPSA) is 54.9 Å². The molecule has 4 heteroatoms. The molecule has 3 rings (SSSR count). The highest BCUT2D eigenvalue weighted by Crippen LogP contribution is 2.38. The molecule has 0 bridgehead atoms. The molecule has 0 saturated heterocycles. The van der Waals surface area contributed by atoms with Crippen molar-refractivity contribution in [3.8, 4) is 0 Å². The SMILES string of the molecule is Cc1cccc(CC(=O)NCc2cc(C3CC3)ncn2)c1. The Kier molecular flexibility index (Phi) is 3.95. The molecule has 0 unspecified atom stereocenters. The number of rotatable bonds is 5. The first kappa shape index (κ1) is 13.7. The van der Waals surface area contributed by atoms with Gasteiger partial charge in [0.1, 0.15) is 6.33 Å². The quantitative estimate of drug-likeness (QED) is 0.916. The first-order valence-corrected chi connectivity index (χ1v) is 7.34. The van der Waals surface area contributed by atoms with E-state index in [4.69, 9.17) is 0 Å². The summed E-state index contributed by atoms with van der Waals surface area (Å²) in [7, 11) is 0. The van der Waals surface area contributed by atoms with Crippen LogP contribution in [0.4, 0.5) is 0 Å². The van der Waals surface area contributed by atoms with Gasteiger partial charge in [-0.2, -0.15) is 0 Å². The number of nitrogens with zero attached hydrogens (tertiary/aromatic N) is 2. The van der Waals surface area contributed by atoms with Gasteiger partial charge in [-0.25, -0.2) is 9.97 Å². The Hall–Kier alpha value is -2.23. The van der Waals surface area contributed by atoms with Gasteiger partial charge in [0.2, 0.25) is 5.91 Å². The molecule has 2 aromatic rings. The summed E-state index contributed by atoms with van der Waals surface area (Å²) in [6, 6.07) is 10.0. The van der Waals surface area contributed by atoms with E-state index in [1.807, 2.05) is 37.3 Å². The Balaban J connectivity index is 1.54. The van der Waals surface area contributed by atoms with Crippen molar-refractivity contribution in [2.75, 3.05) is 0 Å². The van der Waals surface area contributed by atoms with Gasteiger partial charge < -0.3 is 5.32 Å². The van der Waals surface area contributed by atoms with Crippen LogP contribution in [0.25, 0.3) is 0 Å². The molecule has 0 atom stereocenters. The van der Waals surface area contributed by atoms with E-state index in [9.17, 15) is 4.79 Å². The van der Waals surface area contributed by atoms with Crippen molar-refractivity contribution in [1.29, 1.82) is 0 Å². The van der Waals surface area contributed by atoms with Crippen LogP contribution in [-0.4, -0.2) is 15.9 Å². The summed E-state index contributed by atoms with van der Waals surface area (Å²) < 4.78 is 0.